The van der Waals surface area contributed by atoms with Gasteiger partial charge in [-0.25, -0.2) is 0 Å². The zero-order valence-electron chi connectivity index (χ0n) is 10.4. The molecule has 1 heterocycles. The minimum atomic E-state index is 0.461. The van der Waals surface area contributed by atoms with Gasteiger partial charge in [0.15, 0.2) is 0 Å². The third-order valence-corrected chi connectivity index (χ3v) is 4.45. The topological polar surface area (TPSA) is 24.7 Å². The van der Waals surface area contributed by atoms with Crippen molar-refractivity contribution in [2.45, 2.75) is 64.5 Å². The van der Waals surface area contributed by atoms with Crippen LogP contribution < -0.4 is 0 Å². The van der Waals surface area contributed by atoms with E-state index in [1.54, 1.807) is 0 Å². The lowest BCUT2D eigenvalue weighted by atomic mass is 9.80. The molecule has 0 aromatic carbocycles. The van der Waals surface area contributed by atoms with E-state index in [0.717, 1.165) is 11.8 Å². The number of nitrogens with zero attached hydrogens (tertiary/aromatic N) is 2. The van der Waals surface area contributed by atoms with Gasteiger partial charge in [-0.15, -0.1) is 0 Å². The van der Waals surface area contributed by atoms with Gasteiger partial charge in [-0.1, -0.05) is 13.8 Å². The molecular weight excluding hydrogens is 196 g/mol. The van der Waals surface area contributed by atoms with Crippen LogP contribution in [0.3, 0.4) is 0 Å². The van der Waals surface area contributed by atoms with E-state index in [1.807, 2.05) is 0 Å². The lowest BCUT2D eigenvalue weighted by molar-refractivity contribution is 0.419. The molecule has 2 aliphatic carbocycles. The summed E-state index contributed by atoms with van der Waals surface area (Å²) in [4.78, 5) is 9.99. The number of hydrogen-bond donors (Lipinski definition) is 0. The van der Waals surface area contributed by atoms with Gasteiger partial charge in [0.05, 0.1) is 12.1 Å². The maximum atomic E-state index is 5.00. The van der Waals surface area contributed by atoms with Crippen molar-refractivity contribution < 1.29 is 0 Å². The van der Waals surface area contributed by atoms with E-state index >= 15 is 0 Å². The standard InChI is InChI=1S/C14H22N2/c1-9-3-5-11-13(7-9)15-12-6-4-10(2)8-14(12)16-11/h9-10,13-14H,3-8H2,1-2H3. The maximum Gasteiger partial charge on any atom is 0.0879 e. The van der Waals surface area contributed by atoms with Crippen LogP contribution in [0.2, 0.25) is 0 Å². The largest absolute Gasteiger partial charge is 0.283 e. The normalized spacial score (nSPS) is 42.9. The number of fused-ring (bicyclic) bond motifs is 2. The summed E-state index contributed by atoms with van der Waals surface area (Å²) < 4.78 is 0. The molecule has 2 nitrogen and oxygen atoms in total. The fourth-order valence-electron chi connectivity index (χ4n) is 3.35. The average molecular weight is 218 g/mol. The molecule has 0 saturated heterocycles. The molecule has 3 rings (SSSR count). The minimum Gasteiger partial charge on any atom is -0.283 e. The quantitative estimate of drug-likeness (QED) is 0.596. The highest BCUT2D eigenvalue weighted by Gasteiger charge is 2.33. The molecule has 0 radical (unpaired) electrons. The number of aliphatic imine (C=N–C) groups is 2. The summed E-state index contributed by atoms with van der Waals surface area (Å²) in [6.07, 6.45) is 7.53. The van der Waals surface area contributed by atoms with E-state index in [2.05, 4.69) is 13.8 Å². The summed E-state index contributed by atoms with van der Waals surface area (Å²) >= 11 is 0. The Balaban J connectivity index is 1.82. The monoisotopic (exact) mass is 218 g/mol. The van der Waals surface area contributed by atoms with E-state index in [1.165, 1.54) is 49.9 Å². The molecule has 0 aromatic heterocycles. The first-order chi connectivity index (χ1) is 7.72. The maximum absolute atomic E-state index is 5.00. The molecule has 88 valence electrons. The molecule has 2 fully saturated rings. The molecule has 16 heavy (non-hydrogen) atoms. The van der Waals surface area contributed by atoms with E-state index < -0.39 is 0 Å². The predicted octanol–water partition coefficient (Wildman–Crippen LogP) is 3.26. The molecule has 1 aliphatic heterocycles. The van der Waals surface area contributed by atoms with Crippen molar-refractivity contribution in [1.82, 2.24) is 0 Å². The van der Waals surface area contributed by atoms with Crippen molar-refractivity contribution in [3.63, 3.8) is 0 Å². The SMILES string of the molecule is CC1CCC2=NC3CC(C)CCC3=NC2C1. The van der Waals surface area contributed by atoms with E-state index in [0.29, 0.717) is 12.1 Å². The Bertz CT molecular complexity index is 309. The molecule has 0 aromatic rings. The van der Waals surface area contributed by atoms with Gasteiger partial charge in [0, 0.05) is 11.4 Å². The molecule has 0 amide bonds. The van der Waals surface area contributed by atoms with E-state index in [4.69, 9.17) is 9.98 Å². The predicted molar refractivity (Wildman–Crippen MR) is 68.5 cm³/mol. The Morgan fingerprint density at radius 3 is 1.69 bits per heavy atom. The lowest BCUT2D eigenvalue weighted by Crippen LogP contribution is -2.39. The van der Waals surface area contributed by atoms with Crippen molar-refractivity contribution in [3.05, 3.63) is 0 Å². The van der Waals surface area contributed by atoms with Gasteiger partial charge in [0.2, 0.25) is 0 Å². The van der Waals surface area contributed by atoms with E-state index in [9.17, 15) is 0 Å². The molecule has 3 aliphatic rings. The van der Waals surface area contributed by atoms with Gasteiger partial charge in [0.1, 0.15) is 0 Å². The highest BCUT2D eigenvalue weighted by Crippen LogP contribution is 2.32. The molecular formula is C14H22N2. The molecule has 2 saturated carbocycles. The molecule has 4 unspecified atom stereocenters. The van der Waals surface area contributed by atoms with Crippen LogP contribution in [0.15, 0.2) is 9.98 Å². The Labute approximate surface area is 98.3 Å². The smallest absolute Gasteiger partial charge is 0.0879 e. The summed E-state index contributed by atoms with van der Waals surface area (Å²) in [5, 5.41) is 0. The van der Waals surface area contributed by atoms with Crippen LogP contribution in [-0.4, -0.2) is 23.5 Å². The Morgan fingerprint density at radius 1 is 0.812 bits per heavy atom. The van der Waals surface area contributed by atoms with Crippen LogP contribution in [0.25, 0.3) is 0 Å². The second-order valence-electron chi connectivity index (χ2n) is 6.03. The van der Waals surface area contributed by atoms with Crippen molar-refractivity contribution in [2.75, 3.05) is 0 Å². The van der Waals surface area contributed by atoms with Gasteiger partial charge in [-0.2, -0.15) is 0 Å². The van der Waals surface area contributed by atoms with Crippen LogP contribution in [0.1, 0.15) is 52.4 Å². The lowest BCUT2D eigenvalue weighted by Gasteiger charge is -2.35. The Hall–Kier alpha value is -0.660. The fourth-order valence-corrected chi connectivity index (χ4v) is 3.35. The first-order valence-corrected chi connectivity index (χ1v) is 6.85. The third kappa shape index (κ3) is 1.83. The number of hydrogen-bond acceptors (Lipinski definition) is 2. The van der Waals surface area contributed by atoms with Crippen LogP contribution >= 0.6 is 0 Å². The Kier molecular flexibility index (Phi) is 2.61. The summed E-state index contributed by atoms with van der Waals surface area (Å²) in [5.41, 5.74) is 2.84. The van der Waals surface area contributed by atoms with Crippen LogP contribution in [0.5, 0.6) is 0 Å². The summed E-state index contributed by atoms with van der Waals surface area (Å²) in [6.45, 7) is 4.71. The summed E-state index contributed by atoms with van der Waals surface area (Å²) in [7, 11) is 0. The first-order valence-electron chi connectivity index (χ1n) is 6.85. The molecule has 4 atom stereocenters. The van der Waals surface area contributed by atoms with Crippen molar-refractivity contribution in [2.24, 2.45) is 21.8 Å². The molecule has 2 heteroatoms. The van der Waals surface area contributed by atoms with E-state index in [-0.39, 0.29) is 0 Å². The third-order valence-electron chi connectivity index (χ3n) is 4.45. The second kappa shape index (κ2) is 3.97. The van der Waals surface area contributed by atoms with Crippen LogP contribution in [0, 0.1) is 11.8 Å². The zero-order chi connectivity index (χ0) is 11.1. The fraction of sp³-hybridized carbons (Fsp3) is 0.857. The summed E-state index contributed by atoms with van der Waals surface area (Å²) in [5.74, 6) is 1.68. The summed E-state index contributed by atoms with van der Waals surface area (Å²) in [6, 6.07) is 0.923. The average Bonchev–Trinajstić information content (AvgIpc) is 2.26. The molecule has 0 N–H and O–H groups in total. The van der Waals surface area contributed by atoms with Crippen LogP contribution in [0.4, 0.5) is 0 Å². The highest BCUT2D eigenvalue weighted by atomic mass is 15.0. The van der Waals surface area contributed by atoms with Gasteiger partial charge >= 0.3 is 0 Å². The van der Waals surface area contributed by atoms with Gasteiger partial charge < -0.3 is 0 Å². The number of rotatable bonds is 0. The van der Waals surface area contributed by atoms with Gasteiger partial charge in [0.25, 0.3) is 0 Å². The minimum absolute atomic E-state index is 0.461. The Morgan fingerprint density at radius 2 is 1.25 bits per heavy atom. The van der Waals surface area contributed by atoms with Gasteiger partial charge in [-0.05, 0) is 50.4 Å². The van der Waals surface area contributed by atoms with Gasteiger partial charge in [-0.3, -0.25) is 9.98 Å². The zero-order valence-corrected chi connectivity index (χ0v) is 10.4. The van der Waals surface area contributed by atoms with Crippen LogP contribution in [-0.2, 0) is 0 Å². The highest BCUT2D eigenvalue weighted by molar-refractivity contribution is 6.01. The second-order valence-corrected chi connectivity index (χ2v) is 6.03. The molecule has 0 bridgehead atoms. The van der Waals surface area contributed by atoms with Crippen molar-refractivity contribution in [1.29, 1.82) is 0 Å². The van der Waals surface area contributed by atoms with Crippen molar-refractivity contribution in [3.8, 4) is 0 Å². The first kappa shape index (κ1) is 10.5. The van der Waals surface area contributed by atoms with Crippen molar-refractivity contribution >= 4 is 11.4 Å². The molecule has 0 spiro atoms.